The van der Waals surface area contributed by atoms with Gasteiger partial charge in [-0.15, -0.1) is 0 Å². The van der Waals surface area contributed by atoms with Gasteiger partial charge in [0.2, 0.25) is 5.91 Å². The molecule has 2 amide bonds. The number of rotatable bonds is 8. The van der Waals surface area contributed by atoms with E-state index >= 15 is 0 Å². The van der Waals surface area contributed by atoms with Gasteiger partial charge in [0.25, 0.3) is 0 Å². The Hall–Kier alpha value is -3.01. The van der Waals surface area contributed by atoms with E-state index in [-0.39, 0.29) is 24.1 Å². The fourth-order valence-electron chi connectivity index (χ4n) is 3.79. The molecule has 32 heavy (non-hydrogen) atoms. The summed E-state index contributed by atoms with van der Waals surface area (Å²) < 4.78 is 16.4. The Morgan fingerprint density at radius 2 is 1.84 bits per heavy atom. The minimum Gasteiger partial charge on any atom is -0.497 e. The topological polar surface area (TPSA) is 94.1 Å². The van der Waals surface area contributed by atoms with E-state index < -0.39 is 0 Å². The molecule has 1 aromatic carbocycles. The third kappa shape index (κ3) is 5.61. The Morgan fingerprint density at radius 1 is 1.16 bits per heavy atom. The quantitative estimate of drug-likeness (QED) is 0.440. The van der Waals surface area contributed by atoms with E-state index in [1.165, 1.54) is 11.8 Å². The highest BCUT2D eigenvalue weighted by Gasteiger charge is 2.38. The predicted molar refractivity (Wildman–Crippen MR) is 118 cm³/mol. The van der Waals surface area contributed by atoms with Crippen LogP contribution in [0.5, 0.6) is 11.5 Å². The van der Waals surface area contributed by atoms with Gasteiger partial charge in [0.15, 0.2) is 11.3 Å². The molecule has 0 saturated carbocycles. The maximum absolute atomic E-state index is 12.5. The largest absolute Gasteiger partial charge is 0.497 e. The van der Waals surface area contributed by atoms with Gasteiger partial charge < -0.3 is 24.0 Å². The zero-order chi connectivity index (χ0) is 22.3. The molecular formula is C22H26N4O5S. The first-order valence-electron chi connectivity index (χ1n) is 10.5. The monoisotopic (exact) mass is 458 g/mol. The molecule has 1 unspecified atom stereocenters. The number of carbonyl (C=O) groups excluding carboxylic acids is 2. The van der Waals surface area contributed by atoms with E-state index in [1.54, 1.807) is 30.5 Å². The molecule has 0 bridgehead atoms. The van der Waals surface area contributed by atoms with E-state index in [0.717, 1.165) is 18.6 Å². The van der Waals surface area contributed by atoms with Gasteiger partial charge in [0.1, 0.15) is 18.1 Å². The Labute approximate surface area is 191 Å². The third-order valence-electron chi connectivity index (χ3n) is 5.52. The summed E-state index contributed by atoms with van der Waals surface area (Å²) in [6.45, 7) is 2.03. The zero-order valence-electron chi connectivity index (χ0n) is 17.9. The molecule has 0 aliphatic carbocycles. The van der Waals surface area contributed by atoms with Gasteiger partial charge in [-0.3, -0.25) is 4.79 Å². The molecule has 3 heterocycles. The van der Waals surface area contributed by atoms with Crippen molar-refractivity contribution < 1.29 is 23.8 Å². The molecule has 2 aromatic rings. The van der Waals surface area contributed by atoms with Gasteiger partial charge in [0.05, 0.1) is 19.4 Å². The molecule has 0 spiro atoms. The molecule has 4 rings (SSSR count). The normalized spacial score (nSPS) is 19.0. The van der Waals surface area contributed by atoms with E-state index in [4.69, 9.17) is 14.2 Å². The number of hydrogen-bond donors (Lipinski definition) is 0. The molecule has 9 nitrogen and oxygen atoms in total. The van der Waals surface area contributed by atoms with Gasteiger partial charge in [0, 0.05) is 31.5 Å². The highest BCUT2D eigenvalue weighted by Crippen LogP contribution is 2.24. The number of likely N-dealkylation sites (tertiary alicyclic amines) is 1. The summed E-state index contributed by atoms with van der Waals surface area (Å²) in [6.07, 6.45) is 4.17. The number of piperidine rings is 1. The lowest BCUT2D eigenvalue weighted by Crippen LogP contribution is -2.47. The number of methoxy groups -OCH3 is 1. The first kappa shape index (κ1) is 22.2. The first-order valence-corrected chi connectivity index (χ1v) is 11.5. The summed E-state index contributed by atoms with van der Waals surface area (Å²) in [6, 6.07) is 9.11. The summed E-state index contributed by atoms with van der Waals surface area (Å²) in [5.41, 5.74) is 0. The summed E-state index contributed by atoms with van der Waals surface area (Å²) in [7, 11) is 1.61. The SMILES string of the molecule is COc1ccc(OCC2CN(C3CCN(C(=O)CSc4ncccn4)CC3)C(=O)O2)cc1. The number of ether oxygens (including phenoxy) is 3. The number of nitrogens with zero attached hydrogens (tertiary/aromatic N) is 4. The van der Waals surface area contributed by atoms with E-state index in [2.05, 4.69) is 9.97 Å². The highest BCUT2D eigenvalue weighted by molar-refractivity contribution is 7.99. The van der Waals surface area contributed by atoms with Crippen LogP contribution in [0.3, 0.4) is 0 Å². The fourth-order valence-corrected chi connectivity index (χ4v) is 4.50. The van der Waals surface area contributed by atoms with E-state index in [0.29, 0.717) is 42.9 Å². The van der Waals surface area contributed by atoms with Gasteiger partial charge in [-0.05, 0) is 43.2 Å². The van der Waals surface area contributed by atoms with Gasteiger partial charge in [-0.25, -0.2) is 14.8 Å². The molecule has 2 saturated heterocycles. The van der Waals surface area contributed by atoms with Crippen molar-refractivity contribution in [2.24, 2.45) is 0 Å². The van der Waals surface area contributed by atoms with Crippen LogP contribution < -0.4 is 9.47 Å². The second kappa shape index (κ2) is 10.5. The van der Waals surface area contributed by atoms with Crippen molar-refractivity contribution in [3.63, 3.8) is 0 Å². The number of benzene rings is 1. The fraction of sp³-hybridized carbons (Fsp3) is 0.455. The van der Waals surface area contributed by atoms with Crippen LogP contribution in [0.25, 0.3) is 0 Å². The molecule has 0 N–H and O–H groups in total. The highest BCUT2D eigenvalue weighted by atomic mass is 32.2. The molecule has 2 aliphatic rings. The molecule has 2 fully saturated rings. The number of cyclic esters (lactones) is 1. The van der Waals surface area contributed by atoms with Crippen molar-refractivity contribution in [3.05, 3.63) is 42.7 Å². The van der Waals surface area contributed by atoms with E-state index in [1.807, 2.05) is 29.2 Å². The molecule has 1 atom stereocenters. The second-order valence-corrected chi connectivity index (χ2v) is 8.52. The summed E-state index contributed by atoms with van der Waals surface area (Å²) in [5, 5.41) is 0.596. The zero-order valence-corrected chi connectivity index (χ0v) is 18.7. The lowest BCUT2D eigenvalue weighted by molar-refractivity contribution is -0.129. The molecule has 2 aliphatic heterocycles. The van der Waals surface area contributed by atoms with Crippen LogP contribution in [-0.2, 0) is 9.53 Å². The standard InChI is InChI=1S/C22H26N4O5S/c1-29-17-3-5-18(6-4-17)30-14-19-13-26(22(28)31-19)16-7-11-25(12-8-16)20(27)15-32-21-23-9-2-10-24-21/h2-6,9-10,16,19H,7-8,11-15H2,1H3. The Kier molecular flexibility index (Phi) is 7.31. The van der Waals surface area contributed by atoms with Crippen LogP contribution in [0.2, 0.25) is 0 Å². The van der Waals surface area contributed by atoms with Crippen LogP contribution in [0.4, 0.5) is 4.79 Å². The van der Waals surface area contributed by atoms with Gasteiger partial charge >= 0.3 is 6.09 Å². The third-order valence-corrected chi connectivity index (χ3v) is 6.38. The smallest absolute Gasteiger partial charge is 0.410 e. The maximum Gasteiger partial charge on any atom is 0.410 e. The molecular weight excluding hydrogens is 432 g/mol. The van der Waals surface area contributed by atoms with Crippen molar-refractivity contribution in [1.82, 2.24) is 19.8 Å². The van der Waals surface area contributed by atoms with Crippen LogP contribution in [0.1, 0.15) is 12.8 Å². The Bertz CT molecular complexity index is 906. The van der Waals surface area contributed by atoms with Crippen molar-refractivity contribution in [2.75, 3.05) is 39.1 Å². The summed E-state index contributed by atoms with van der Waals surface area (Å²) in [5.74, 6) is 1.83. The predicted octanol–water partition coefficient (Wildman–Crippen LogP) is 2.47. The summed E-state index contributed by atoms with van der Waals surface area (Å²) >= 11 is 1.34. The average molecular weight is 459 g/mol. The number of amides is 2. The van der Waals surface area contributed by atoms with Gasteiger partial charge in [-0.1, -0.05) is 11.8 Å². The second-order valence-electron chi connectivity index (χ2n) is 7.58. The van der Waals surface area contributed by atoms with Gasteiger partial charge in [-0.2, -0.15) is 0 Å². The Balaban J connectivity index is 1.20. The molecule has 0 radical (unpaired) electrons. The first-order chi connectivity index (χ1) is 15.6. The maximum atomic E-state index is 12.5. The number of carbonyl (C=O) groups is 2. The van der Waals surface area contributed by atoms with E-state index in [9.17, 15) is 9.59 Å². The van der Waals surface area contributed by atoms with Crippen LogP contribution in [0.15, 0.2) is 47.9 Å². The lowest BCUT2D eigenvalue weighted by atomic mass is 10.0. The number of thioether (sulfide) groups is 1. The molecule has 1 aromatic heterocycles. The number of aromatic nitrogens is 2. The van der Waals surface area contributed by atoms with Crippen molar-refractivity contribution >= 4 is 23.8 Å². The Morgan fingerprint density at radius 3 is 2.53 bits per heavy atom. The van der Waals surface area contributed by atoms with Crippen LogP contribution in [0, 0.1) is 0 Å². The minimum absolute atomic E-state index is 0.0654. The molecule has 10 heteroatoms. The lowest BCUT2D eigenvalue weighted by Gasteiger charge is -2.35. The van der Waals surface area contributed by atoms with Crippen molar-refractivity contribution in [1.29, 1.82) is 0 Å². The number of hydrogen-bond acceptors (Lipinski definition) is 8. The minimum atomic E-state index is -0.313. The average Bonchev–Trinajstić information content (AvgIpc) is 3.22. The molecule has 170 valence electrons. The van der Waals surface area contributed by atoms with Crippen molar-refractivity contribution in [2.45, 2.75) is 30.1 Å². The van der Waals surface area contributed by atoms with Crippen LogP contribution >= 0.6 is 11.8 Å². The van der Waals surface area contributed by atoms with Crippen LogP contribution in [-0.4, -0.2) is 83.0 Å². The summed E-state index contributed by atoms with van der Waals surface area (Å²) in [4.78, 5) is 36.8. The van der Waals surface area contributed by atoms with Crippen molar-refractivity contribution in [3.8, 4) is 11.5 Å².